The van der Waals surface area contributed by atoms with Gasteiger partial charge in [0.15, 0.2) is 0 Å². The van der Waals surface area contributed by atoms with Gasteiger partial charge in [0.2, 0.25) is 0 Å². The maximum absolute atomic E-state index is 11.2. The highest BCUT2D eigenvalue weighted by atomic mass is 16.4. The molecular formula is C18H25NO2. The number of carboxylic acid groups (broad SMARTS) is 1. The summed E-state index contributed by atoms with van der Waals surface area (Å²) in [6.07, 6.45) is 10.1. The van der Waals surface area contributed by atoms with Crippen LogP contribution in [0.4, 0.5) is 0 Å². The molecule has 1 heterocycles. The van der Waals surface area contributed by atoms with Crippen molar-refractivity contribution in [2.24, 2.45) is 0 Å². The molecule has 0 unspecified atom stereocenters. The number of fused-ring (bicyclic) bond motifs is 1. The van der Waals surface area contributed by atoms with Crippen molar-refractivity contribution in [3.05, 3.63) is 35.5 Å². The zero-order valence-electron chi connectivity index (χ0n) is 12.8. The van der Waals surface area contributed by atoms with Gasteiger partial charge in [0.25, 0.3) is 0 Å². The third-order valence-electron chi connectivity index (χ3n) is 4.00. The molecule has 0 radical (unpaired) electrons. The lowest BCUT2D eigenvalue weighted by Gasteiger charge is -2.00. The topological polar surface area (TPSA) is 53.1 Å². The molecule has 0 spiro atoms. The van der Waals surface area contributed by atoms with E-state index in [1.54, 1.807) is 12.1 Å². The molecular weight excluding hydrogens is 262 g/mol. The predicted octanol–water partition coefficient (Wildman–Crippen LogP) is 5.16. The number of hydrogen-bond acceptors (Lipinski definition) is 1. The van der Waals surface area contributed by atoms with E-state index in [2.05, 4.69) is 11.9 Å². The van der Waals surface area contributed by atoms with Gasteiger partial charge in [-0.1, -0.05) is 51.5 Å². The second-order valence-electron chi connectivity index (χ2n) is 5.74. The summed E-state index contributed by atoms with van der Waals surface area (Å²) in [5, 5.41) is 10.0. The van der Waals surface area contributed by atoms with Crippen LogP contribution in [0.1, 0.15) is 67.9 Å². The molecule has 21 heavy (non-hydrogen) atoms. The molecule has 0 atom stereocenters. The van der Waals surface area contributed by atoms with Crippen LogP contribution in [0.3, 0.4) is 0 Å². The van der Waals surface area contributed by atoms with Gasteiger partial charge < -0.3 is 10.1 Å². The van der Waals surface area contributed by atoms with Crippen LogP contribution in [0.25, 0.3) is 10.9 Å². The molecule has 0 amide bonds. The van der Waals surface area contributed by atoms with E-state index in [1.165, 1.54) is 44.9 Å². The van der Waals surface area contributed by atoms with Crippen LogP contribution in [0, 0.1) is 0 Å². The highest BCUT2D eigenvalue weighted by molar-refractivity contribution is 6.03. The van der Waals surface area contributed by atoms with Crippen molar-refractivity contribution in [2.45, 2.75) is 58.3 Å². The molecule has 1 aromatic carbocycles. The summed E-state index contributed by atoms with van der Waals surface area (Å²) in [6.45, 7) is 2.24. The smallest absolute Gasteiger partial charge is 0.336 e. The number of hydrogen-bond donors (Lipinski definition) is 2. The lowest BCUT2D eigenvalue weighted by atomic mass is 10.1. The number of carbonyl (C=O) groups is 1. The number of aromatic nitrogens is 1. The van der Waals surface area contributed by atoms with Crippen LogP contribution in [0.5, 0.6) is 0 Å². The minimum atomic E-state index is -0.859. The van der Waals surface area contributed by atoms with Gasteiger partial charge in [-0.15, -0.1) is 0 Å². The first kappa shape index (κ1) is 15.6. The van der Waals surface area contributed by atoms with Gasteiger partial charge in [-0.05, 0) is 31.0 Å². The molecule has 0 aliphatic carbocycles. The van der Waals surface area contributed by atoms with Gasteiger partial charge >= 0.3 is 5.97 Å². The Kier molecular flexibility index (Phi) is 5.85. The lowest BCUT2D eigenvalue weighted by molar-refractivity contribution is 0.0699. The first-order valence-electron chi connectivity index (χ1n) is 8.06. The first-order valence-corrected chi connectivity index (χ1v) is 8.06. The normalized spacial score (nSPS) is 11.1. The van der Waals surface area contributed by atoms with Gasteiger partial charge in [-0.3, -0.25) is 0 Å². The molecule has 3 nitrogen and oxygen atoms in total. The van der Waals surface area contributed by atoms with E-state index in [4.69, 9.17) is 0 Å². The van der Waals surface area contributed by atoms with Gasteiger partial charge in [0, 0.05) is 16.6 Å². The van der Waals surface area contributed by atoms with E-state index in [-0.39, 0.29) is 0 Å². The molecule has 0 bridgehead atoms. The van der Waals surface area contributed by atoms with Gasteiger partial charge in [0.05, 0.1) is 5.56 Å². The van der Waals surface area contributed by atoms with Crippen LogP contribution < -0.4 is 0 Å². The van der Waals surface area contributed by atoms with Crippen LogP contribution in [-0.2, 0) is 6.42 Å². The van der Waals surface area contributed by atoms with Crippen molar-refractivity contribution in [1.82, 2.24) is 4.98 Å². The summed E-state index contributed by atoms with van der Waals surface area (Å²) in [6, 6.07) is 7.39. The average Bonchev–Trinajstić information content (AvgIpc) is 2.88. The van der Waals surface area contributed by atoms with Gasteiger partial charge in [0.1, 0.15) is 0 Å². The van der Waals surface area contributed by atoms with E-state index in [0.717, 1.165) is 23.0 Å². The third kappa shape index (κ3) is 4.35. The molecule has 0 aliphatic heterocycles. The van der Waals surface area contributed by atoms with Crippen molar-refractivity contribution in [3.63, 3.8) is 0 Å². The third-order valence-corrected chi connectivity index (χ3v) is 4.00. The maximum atomic E-state index is 11.2. The number of benzene rings is 1. The van der Waals surface area contributed by atoms with E-state index < -0.39 is 5.97 Å². The molecule has 3 heteroatoms. The summed E-state index contributed by atoms with van der Waals surface area (Å²) in [5.74, 6) is -0.859. The largest absolute Gasteiger partial charge is 0.478 e. The lowest BCUT2D eigenvalue weighted by Crippen LogP contribution is -1.95. The standard InChI is InChI=1S/C18H25NO2/c1-2-3-4-5-6-7-8-10-14-13-16-15(18(20)21)11-9-12-17(16)19-14/h9,11-13,19H,2-8,10H2,1H3,(H,20,21). The van der Waals surface area contributed by atoms with Crippen LogP contribution in [-0.4, -0.2) is 16.1 Å². The van der Waals surface area contributed by atoms with Crippen molar-refractivity contribution >= 4 is 16.9 Å². The second kappa shape index (κ2) is 7.87. The van der Waals surface area contributed by atoms with Crippen molar-refractivity contribution in [1.29, 1.82) is 0 Å². The Labute approximate surface area is 126 Å². The Morgan fingerprint density at radius 1 is 1.10 bits per heavy atom. The van der Waals surface area contributed by atoms with Crippen molar-refractivity contribution in [3.8, 4) is 0 Å². The SMILES string of the molecule is CCCCCCCCCc1cc2c(C(=O)O)cccc2[nH]1. The van der Waals surface area contributed by atoms with Crippen LogP contribution in [0.2, 0.25) is 0 Å². The Bertz CT molecular complexity index is 586. The minimum Gasteiger partial charge on any atom is -0.478 e. The monoisotopic (exact) mass is 287 g/mol. The van der Waals surface area contributed by atoms with Gasteiger partial charge in [-0.25, -0.2) is 4.79 Å². The number of H-pyrrole nitrogens is 1. The fourth-order valence-electron chi connectivity index (χ4n) is 2.81. The number of aromatic carboxylic acids is 1. The number of aryl methyl sites for hydroxylation is 1. The number of nitrogens with one attached hydrogen (secondary N) is 1. The minimum absolute atomic E-state index is 0.384. The molecule has 2 aromatic rings. The maximum Gasteiger partial charge on any atom is 0.336 e. The summed E-state index contributed by atoms with van der Waals surface area (Å²) in [5.41, 5.74) is 2.45. The highest BCUT2D eigenvalue weighted by Crippen LogP contribution is 2.21. The number of unbranched alkanes of at least 4 members (excludes halogenated alkanes) is 6. The molecule has 1 aromatic heterocycles. The molecule has 2 rings (SSSR count). The zero-order chi connectivity index (χ0) is 15.1. The van der Waals surface area contributed by atoms with E-state index in [9.17, 15) is 9.90 Å². The Morgan fingerprint density at radius 2 is 1.81 bits per heavy atom. The Morgan fingerprint density at radius 3 is 2.52 bits per heavy atom. The average molecular weight is 287 g/mol. The number of carboxylic acids is 1. The Hall–Kier alpha value is -1.77. The van der Waals surface area contributed by atoms with Crippen LogP contribution >= 0.6 is 0 Å². The summed E-state index contributed by atoms with van der Waals surface area (Å²) < 4.78 is 0. The fourth-order valence-corrected chi connectivity index (χ4v) is 2.81. The van der Waals surface area contributed by atoms with Crippen LogP contribution in [0.15, 0.2) is 24.3 Å². The molecule has 0 fully saturated rings. The number of rotatable bonds is 9. The van der Waals surface area contributed by atoms with Gasteiger partial charge in [-0.2, -0.15) is 0 Å². The first-order chi connectivity index (χ1) is 10.2. The van der Waals surface area contributed by atoms with Crippen molar-refractivity contribution in [2.75, 3.05) is 0 Å². The molecule has 0 saturated heterocycles. The number of aromatic amines is 1. The summed E-state index contributed by atoms with van der Waals surface area (Å²) in [4.78, 5) is 14.5. The summed E-state index contributed by atoms with van der Waals surface area (Å²) in [7, 11) is 0. The second-order valence-corrected chi connectivity index (χ2v) is 5.74. The van der Waals surface area contributed by atoms with E-state index >= 15 is 0 Å². The summed E-state index contributed by atoms with van der Waals surface area (Å²) >= 11 is 0. The van der Waals surface area contributed by atoms with E-state index in [1.807, 2.05) is 12.1 Å². The molecule has 0 saturated carbocycles. The molecule has 114 valence electrons. The van der Waals surface area contributed by atoms with Crippen molar-refractivity contribution < 1.29 is 9.90 Å². The van der Waals surface area contributed by atoms with E-state index in [0.29, 0.717) is 5.56 Å². The molecule has 0 aliphatic rings. The zero-order valence-corrected chi connectivity index (χ0v) is 12.8. The quantitative estimate of drug-likeness (QED) is 0.626. The fraction of sp³-hybridized carbons (Fsp3) is 0.500. The predicted molar refractivity (Wildman–Crippen MR) is 87.0 cm³/mol. The Balaban J connectivity index is 1.86. The highest BCUT2D eigenvalue weighted by Gasteiger charge is 2.10. The molecule has 2 N–H and O–H groups in total.